The third-order valence-electron chi connectivity index (χ3n) is 6.57. The molecule has 9 nitrogen and oxygen atoms in total. The summed E-state index contributed by atoms with van der Waals surface area (Å²) in [4.78, 5) is 25.6. The minimum Gasteiger partial charge on any atom is -0.381 e. The maximum absolute atomic E-state index is 14.4. The van der Waals surface area contributed by atoms with Gasteiger partial charge in [-0.05, 0) is 50.7 Å². The predicted molar refractivity (Wildman–Crippen MR) is 123 cm³/mol. The summed E-state index contributed by atoms with van der Waals surface area (Å²) in [5, 5.41) is 6.55. The monoisotopic (exact) mass is 453 g/mol. The Morgan fingerprint density at radius 2 is 1.85 bits per heavy atom. The van der Waals surface area contributed by atoms with Crippen molar-refractivity contribution in [3.05, 3.63) is 36.3 Å². The molecule has 5 rings (SSSR count). The summed E-state index contributed by atoms with van der Waals surface area (Å²) in [6.07, 6.45) is 6.43. The lowest BCUT2D eigenvalue weighted by Gasteiger charge is -2.29. The number of nitrogens with one attached hydrogen (secondary N) is 2. The highest BCUT2D eigenvalue weighted by Gasteiger charge is 2.29. The first-order valence-corrected chi connectivity index (χ1v) is 11.5. The predicted octanol–water partition coefficient (Wildman–Crippen LogP) is 3.52. The van der Waals surface area contributed by atoms with Crippen molar-refractivity contribution in [2.24, 2.45) is 11.7 Å². The van der Waals surface area contributed by atoms with E-state index in [1.165, 1.54) is 6.07 Å². The number of imidazole rings is 1. The molecule has 2 aliphatic rings. The summed E-state index contributed by atoms with van der Waals surface area (Å²) >= 11 is 0. The number of fused-ring (bicyclic) bond motifs is 1. The largest absolute Gasteiger partial charge is 0.381 e. The number of ether oxygens (including phenoxy) is 1. The van der Waals surface area contributed by atoms with Crippen LogP contribution in [0.1, 0.15) is 44.6 Å². The quantitative estimate of drug-likeness (QED) is 0.522. The van der Waals surface area contributed by atoms with Crippen molar-refractivity contribution in [3.8, 4) is 0 Å². The van der Waals surface area contributed by atoms with Gasteiger partial charge in [-0.1, -0.05) is 12.1 Å². The average molecular weight is 454 g/mol. The van der Waals surface area contributed by atoms with Crippen LogP contribution >= 0.6 is 0 Å². The number of nitrogens with two attached hydrogens (primary N) is 1. The van der Waals surface area contributed by atoms with Gasteiger partial charge in [0.1, 0.15) is 11.3 Å². The summed E-state index contributed by atoms with van der Waals surface area (Å²) in [6, 6.07) is 6.82. The number of rotatable bonds is 6. The number of halogens is 1. The van der Waals surface area contributed by atoms with Crippen molar-refractivity contribution < 1.29 is 13.9 Å². The molecular formula is C23H28FN7O2. The Morgan fingerprint density at radius 1 is 1.09 bits per heavy atom. The second-order valence-electron chi connectivity index (χ2n) is 8.75. The molecular weight excluding hydrogens is 425 g/mol. The van der Waals surface area contributed by atoms with Crippen LogP contribution in [-0.2, 0) is 9.53 Å². The molecule has 1 saturated carbocycles. The van der Waals surface area contributed by atoms with Crippen LogP contribution in [0.5, 0.6) is 0 Å². The molecule has 0 radical (unpaired) electrons. The summed E-state index contributed by atoms with van der Waals surface area (Å²) in [6.45, 7) is 1.44. The van der Waals surface area contributed by atoms with Gasteiger partial charge in [0.2, 0.25) is 17.8 Å². The molecule has 1 aliphatic heterocycles. The van der Waals surface area contributed by atoms with E-state index in [9.17, 15) is 9.18 Å². The maximum Gasteiger partial charge on any atom is 0.224 e. The van der Waals surface area contributed by atoms with Crippen molar-refractivity contribution in [1.82, 2.24) is 19.5 Å². The number of carbonyl (C=O) groups is 1. The number of anilines is 3. The zero-order valence-electron chi connectivity index (χ0n) is 18.3. The van der Waals surface area contributed by atoms with Gasteiger partial charge in [0.15, 0.2) is 5.65 Å². The van der Waals surface area contributed by atoms with Gasteiger partial charge >= 0.3 is 0 Å². The average Bonchev–Trinajstić information content (AvgIpc) is 3.18. The molecule has 0 bridgehead atoms. The first-order chi connectivity index (χ1) is 16.1. The number of hydrogen-bond acceptors (Lipinski definition) is 7. The van der Waals surface area contributed by atoms with Crippen LogP contribution < -0.4 is 16.4 Å². The highest BCUT2D eigenvalue weighted by Crippen LogP contribution is 2.37. The highest BCUT2D eigenvalue weighted by atomic mass is 19.1. The van der Waals surface area contributed by atoms with Crippen molar-refractivity contribution >= 4 is 34.7 Å². The maximum atomic E-state index is 14.4. The number of hydrogen-bond donors (Lipinski definition) is 3. The normalized spacial score (nSPS) is 21.7. The fourth-order valence-corrected chi connectivity index (χ4v) is 4.72. The molecule has 1 saturated heterocycles. The second-order valence-corrected chi connectivity index (χ2v) is 8.75. The van der Waals surface area contributed by atoms with Crippen LogP contribution in [0.4, 0.5) is 22.0 Å². The second kappa shape index (κ2) is 9.30. The SMILES string of the molecule is NC(=O)[C@H]1CC[C@H](n2c(Nc3ccccc3F)nc3cnc(NC4CCOCC4)nc32)CC1. The molecule has 0 unspecified atom stereocenters. The van der Waals surface area contributed by atoms with Crippen LogP contribution in [0.15, 0.2) is 30.5 Å². The molecule has 2 fully saturated rings. The number of benzene rings is 1. The Hall–Kier alpha value is -3.27. The van der Waals surface area contributed by atoms with Crippen LogP contribution in [0.25, 0.3) is 11.2 Å². The standard InChI is InChI=1S/C23H28FN7O2/c24-17-3-1-2-4-18(17)28-23-29-19-13-26-22(27-15-9-11-33-12-10-15)30-21(19)31(23)16-7-5-14(6-8-16)20(25)32/h1-4,13-16H,5-12H2,(H2,25,32)(H,28,29)(H,26,27,30)/t14-,16-. The number of para-hydroxylation sites is 1. The van der Waals surface area contributed by atoms with Gasteiger partial charge in [0, 0.05) is 31.2 Å². The van der Waals surface area contributed by atoms with E-state index in [0.29, 0.717) is 41.6 Å². The summed E-state index contributed by atoms with van der Waals surface area (Å²) in [5.41, 5.74) is 7.18. The van der Waals surface area contributed by atoms with Gasteiger partial charge in [0.25, 0.3) is 0 Å². The van der Waals surface area contributed by atoms with E-state index < -0.39 is 0 Å². The van der Waals surface area contributed by atoms with E-state index in [1.54, 1.807) is 24.4 Å². The molecule has 4 N–H and O–H groups in total. The van der Waals surface area contributed by atoms with Crippen molar-refractivity contribution in [1.29, 1.82) is 0 Å². The fourth-order valence-electron chi connectivity index (χ4n) is 4.72. The molecule has 1 aromatic carbocycles. The lowest BCUT2D eigenvalue weighted by atomic mass is 9.85. The highest BCUT2D eigenvalue weighted by molar-refractivity contribution is 5.77. The third-order valence-corrected chi connectivity index (χ3v) is 6.57. The van der Waals surface area contributed by atoms with Gasteiger partial charge in [-0.25, -0.2) is 14.4 Å². The van der Waals surface area contributed by atoms with Crippen LogP contribution in [0.3, 0.4) is 0 Å². The Balaban J connectivity index is 1.50. The van der Waals surface area contributed by atoms with Crippen molar-refractivity contribution in [2.45, 2.75) is 50.6 Å². The van der Waals surface area contributed by atoms with Crippen LogP contribution in [0, 0.1) is 11.7 Å². The first-order valence-electron chi connectivity index (χ1n) is 11.5. The van der Waals surface area contributed by atoms with E-state index in [1.807, 2.05) is 4.57 Å². The Labute approximate surface area is 190 Å². The van der Waals surface area contributed by atoms with Gasteiger partial charge < -0.3 is 21.1 Å². The lowest BCUT2D eigenvalue weighted by Crippen LogP contribution is -2.29. The fraction of sp³-hybridized carbons (Fsp3) is 0.478. The van der Waals surface area contributed by atoms with E-state index >= 15 is 0 Å². The molecule has 0 spiro atoms. The molecule has 1 aliphatic carbocycles. The molecule has 0 atom stereocenters. The molecule has 3 heterocycles. The summed E-state index contributed by atoms with van der Waals surface area (Å²) < 4.78 is 21.8. The van der Waals surface area contributed by atoms with Gasteiger partial charge in [-0.2, -0.15) is 4.98 Å². The molecule has 174 valence electrons. The van der Waals surface area contributed by atoms with Crippen molar-refractivity contribution in [2.75, 3.05) is 23.8 Å². The number of aromatic nitrogens is 4. The number of amides is 1. The zero-order valence-corrected chi connectivity index (χ0v) is 18.3. The summed E-state index contributed by atoms with van der Waals surface area (Å²) in [5.74, 6) is 0.328. The van der Waals surface area contributed by atoms with Gasteiger partial charge in [-0.3, -0.25) is 9.36 Å². The minimum absolute atomic E-state index is 0.0608. The van der Waals surface area contributed by atoms with E-state index in [0.717, 1.165) is 38.9 Å². The topological polar surface area (TPSA) is 120 Å². The first kappa shape index (κ1) is 21.6. The Bertz CT molecular complexity index is 1140. The number of carbonyl (C=O) groups excluding carboxylic acids is 1. The molecule has 1 amide bonds. The van der Waals surface area contributed by atoms with Crippen LogP contribution in [-0.4, -0.2) is 44.7 Å². The zero-order chi connectivity index (χ0) is 22.8. The van der Waals surface area contributed by atoms with Crippen LogP contribution in [0.2, 0.25) is 0 Å². The van der Waals surface area contributed by atoms with Crippen molar-refractivity contribution in [3.63, 3.8) is 0 Å². The van der Waals surface area contributed by atoms with Gasteiger partial charge in [0.05, 0.1) is 11.9 Å². The van der Waals surface area contributed by atoms with Gasteiger partial charge in [-0.15, -0.1) is 0 Å². The lowest BCUT2D eigenvalue weighted by molar-refractivity contribution is -0.122. The van der Waals surface area contributed by atoms with E-state index in [2.05, 4.69) is 20.6 Å². The molecule has 33 heavy (non-hydrogen) atoms. The smallest absolute Gasteiger partial charge is 0.224 e. The molecule has 10 heteroatoms. The number of nitrogens with zero attached hydrogens (tertiary/aromatic N) is 4. The number of primary amides is 1. The molecule has 3 aromatic rings. The Kier molecular flexibility index (Phi) is 6.08. The summed E-state index contributed by atoms with van der Waals surface area (Å²) in [7, 11) is 0. The minimum atomic E-state index is -0.360. The van der Waals surface area contributed by atoms with E-state index in [-0.39, 0.29) is 29.7 Å². The molecule has 2 aromatic heterocycles. The Morgan fingerprint density at radius 3 is 2.58 bits per heavy atom. The van der Waals surface area contributed by atoms with E-state index in [4.69, 9.17) is 15.5 Å². The third kappa shape index (κ3) is 4.61.